The Labute approximate surface area is 285 Å². The number of carbonyl (C=O) groups excluding carboxylic acids is 2. The lowest BCUT2D eigenvalue weighted by atomic mass is 9.93. The van der Waals surface area contributed by atoms with E-state index in [1.807, 2.05) is 58.2 Å². The monoisotopic (exact) mass is 718 g/mol. The van der Waals surface area contributed by atoms with Crippen LogP contribution in [0.3, 0.4) is 0 Å². The van der Waals surface area contributed by atoms with E-state index in [4.69, 9.17) is 19.6 Å². The molecule has 0 spiro atoms. The van der Waals surface area contributed by atoms with Crippen molar-refractivity contribution in [1.29, 1.82) is 0 Å². The van der Waals surface area contributed by atoms with E-state index < -0.39 is 8.07 Å². The quantitative estimate of drug-likeness (QED) is 0.103. The zero-order valence-electron chi connectivity index (χ0n) is 27.5. The Kier molecular flexibility index (Phi) is 10.00. The number of ether oxygens (including phenoxy) is 2. The van der Waals surface area contributed by atoms with E-state index >= 15 is 0 Å². The lowest BCUT2D eigenvalue weighted by Gasteiger charge is -2.40. The highest BCUT2D eigenvalue weighted by molar-refractivity contribution is 9.10. The lowest BCUT2D eigenvalue weighted by Crippen LogP contribution is -2.51. The third-order valence-electron chi connectivity index (χ3n) is 8.98. The molecule has 1 atom stereocenters. The van der Waals surface area contributed by atoms with E-state index in [1.165, 1.54) is 0 Å². The lowest BCUT2D eigenvalue weighted by molar-refractivity contribution is 0.0759. The summed E-state index contributed by atoms with van der Waals surface area (Å²) in [7, 11) is -1.16. The number of nitrogens with zero attached hydrogens (tertiary/aromatic N) is 5. The fourth-order valence-electron chi connectivity index (χ4n) is 6.29. The van der Waals surface area contributed by atoms with Crippen LogP contribution in [0.2, 0.25) is 25.7 Å². The Morgan fingerprint density at radius 3 is 2.66 bits per heavy atom. The molecule has 0 aliphatic carbocycles. The molecule has 10 nitrogen and oxygen atoms in total. The summed E-state index contributed by atoms with van der Waals surface area (Å²) in [6.07, 6.45) is 3.06. The first-order valence-corrected chi connectivity index (χ1v) is 20.8. The fourth-order valence-corrected chi connectivity index (χ4v) is 7.40. The van der Waals surface area contributed by atoms with Gasteiger partial charge in [-0.2, -0.15) is 5.10 Å². The maximum Gasteiger partial charge on any atom is 0.409 e. The number of rotatable bonds is 10. The molecule has 0 radical (unpaired) electrons. The van der Waals surface area contributed by atoms with Gasteiger partial charge in [-0.1, -0.05) is 50.0 Å². The van der Waals surface area contributed by atoms with Gasteiger partial charge in [-0.25, -0.2) is 19.3 Å². The van der Waals surface area contributed by atoms with Crippen LogP contribution in [-0.4, -0.2) is 77.1 Å². The average Bonchev–Trinajstić information content (AvgIpc) is 3.46. The summed E-state index contributed by atoms with van der Waals surface area (Å²) >= 11 is 3.51. The molecule has 2 aromatic carbocycles. The number of urea groups is 1. The van der Waals surface area contributed by atoms with Crippen LogP contribution >= 0.6 is 15.9 Å². The number of hydrogen-bond donors (Lipinski definition) is 1. The molecule has 0 saturated carbocycles. The third kappa shape index (κ3) is 8.05. The second-order valence-electron chi connectivity index (χ2n) is 13.7. The molecule has 47 heavy (non-hydrogen) atoms. The van der Waals surface area contributed by atoms with Crippen LogP contribution in [0, 0.1) is 6.92 Å². The molecule has 4 aromatic rings. The van der Waals surface area contributed by atoms with Crippen LogP contribution in [0.15, 0.2) is 65.4 Å². The summed E-state index contributed by atoms with van der Waals surface area (Å²) < 4.78 is 14.5. The zero-order valence-corrected chi connectivity index (χ0v) is 30.1. The Hall–Kier alpha value is -3.74. The van der Waals surface area contributed by atoms with Crippen molar-refractivity contribution < 1.29 is 19.1 Å². The number of likely N-dealkylation sites (tertiary alicyclic amines) is 1. The second kappa shape index (κ2) is 14.2. The van der Waals surface area contributed by atoms with Gasteiger partial charge in [0.1, 0.15) is 17.9 Å². The molecule has 4 heterocycles. The number of anilines is 1. The van der Waals surface area contributed by atoms with E-state index in [0.717, 1.165) is 56.2 Å². The Bertz CT molecular complexity index is 1750. The van der Waals surface area contributed by atoms with Crippen LogP contribution in [0.5, 0.6) is 0 Å². The van der Waals surface area contributed by atoms with Gasteiger partial charge < -0.3 is 24.6 Å². The number of aromatic nitrogens is 3. The van der Waals surface area contributed by atoms with Gasteiger partial charge in [0, 0.05) is 57.6 Å². The number of amides is 3. The number of benzene rings is 2. The van der Waals surface area contributed by atoms with Crippen molar-refractivity contribution in [2.45, 2.75) is 70.7 Å². The molecule has 3 amide bonds. The topological polar surface area (TPSA) is 102 Å². The average molecular weight is 720 g/mol. The Morgan fingerprint density at radius 1 is 1.11 bits per heavy atom. The normalized spacial score (nSPS) is 16.2. The maximum atomic E-state index is 13.4. The van der Waals surface area contributed by atoms with Crippen LogP contribution in [0.4, 0.5) is 15.3 Å². The molecule has 2 aliphatic heterocycles. The standard InChI is InChI=1S/C35H43BrN6O4Si/c1-24-18-26(19-27-20-41(39-33(24)27)23-45-16-17-47(2,3)4)29(31-10-7-11-32(36)37-31)22-46-35(44)40-14-12-28(13-15-40)42-21-25-8-5-6-9-30(25)38-34(42)43/h5-11,18-20,28-29H,12-17,21-23H2,1-4H3,(H,38,43). The van der Waals surface area contributed by atoms with E-state index in [9.17, 15) is 9.59 Å². The smallest absolute Gasteiger partial charge is 0.409 e. The highest BCUT2D eigenvalue weighted by Gasteiger charge is 2.33. The first-order valence-electron chi connectivity index (χ1n) is 16.3. The number of piperidine rings is 1. The van der Waals surface area contributed by atoms with E-state index in [2.05, 4.69) is 59.9 Å². The minimum absolute atomic E-state index is 0.0624. The molecular weight excluding hydrogens is 676 g/mol. The van der Waals surface area contributed by atoms with Crippen LogP contribution in [0.1, 0.15) is 41.1 Å². The van der Waals surface area contributed by atoms with E-state index in [-0.39, 0.29) is 30.7 Å². The Balaban J connectivity index is 1.11. The number of carbonyl (C=O) groups is 2. The molecule has 248 valence electrons. The van der Waals surface area contributed by atoms with Crippen LogP contribution in [0.25, 0.3) is 10.9 Å². The molecule has 0 bridgehead atoms. The number of para-hydroxylation sites is 1. The second-order valence-corrected chi connectivity index (χ2v) is 20.2. The number of hydrogen-bond acceptors (Lipinski definition) is 6. The number of fused-ring (bicyclic) bond motifs is 2. The predicted molar refractivity (Wildman–Crippen MR) is 189 cm³/mol. The van der Waals surface area contributed by atoms with Crippen molar-refractivity contribution in [3.8, 4) is 0 Å². The van der Waals surface area contributed by atoms with Gasteiger partial charge in [-0.15, -0.1) is 0 Å². The summed E-state index contributed by atoms with van der Waals surface area (Å²) in [5, 5.41) is 8.79. The molecular formula is C35H43BrN6O4Si. The van der Waals surface area contributed by atoms with Crippen molar-refractivity contribution in [3.63, 3.8) is 0 Å². The minimum Gasteiger partial charge on any atom is -0.448 e. The first kappa shape index (κ1) is 33.2. The predicted octanol–water partition coefficient (Wildman–Crippen LogP) is 7.60. The summed E-state index contributed by atoms with van der Waals surface area (Å²) in [5.41, 5.74) is 5.75. The summed E-state index contributed by atoms with van der Waals surface area (Å²) in [4.78, 5) is 34.6. The van der Waals surface area contributed by atoms with Crippen molar-refractivity contribution in [2.24, 2.45) is 0 Å². The van der Waals surface area contributed by atoms with Gasteiger partial charge in [0.15, 0.2) is 0 Å². The molecule has 1 N–H and O–H groups in total. The fraction of sp³-hybridized carbons (Fsp3) is 0.429. The molecule has 6 rings (SSSR count). The molecule has 1 saturated heterocycles. The van der Waals surface area contributed by atoms with Gasteiger partial charge in [-0.05, 0) is 82.7 Å². The van der Waals surface area contributed by atoms with Gasteiger partial charge in [0.2, 0.25) is 0 Å². The van der Waals surface area contributed by atoms with E-state index in [0.29, 0.717) is 39.2 Å². The van der Waals surface area contributed by atoms with Gasteiger partial charge in [0.25, 0.3) is 0 Å². The maximum absolute atomic E-state index is 13.4. The van der Waals surface area contributed by atoms with Gasteiger partial charge in [-0.3, -0.25) is 0 Å². The number of halogens is 1. The number of nitrogens with one attached hydrogen (secondary N) is 1. The summed E-state index contributed by atoms with van der Waals surface area (Å²) in [6.45, 7) is 12.0. The minimum atomic E-state index is -1.16. The molecule has 2 aromatic heterocycles. The van der Waals surface area contributed by atoms with E-state index in [1.54, 1.807) is 4.90 Å². The highest BCUT2D eigenvalue weighted by Crippen LogP contribution is 2.31. The van der Waals surface area contributed by atoms with Crippen LogP contribution in [-0.2, 0) is 22.7 Å². The Morgan fingerprint density at radius 2 is 1.89 bits per heavy atom. The molecule has 2 aliphatic rings. The van der Waals surface area contributed by atoms with Crippen molar-refractivity contribution in [1.82, 2.24) is 24.6 Å². The number of pyridine rings is 1. The molecule has 12 heteroatoms. The third-order valence-corrected chi connectivity index (χ3v) is 11.1. The van der Waals surface area contributed by atoms with Gasteiger partial charge in [0.05, 0.1) is 17.1 Å². The summed E-state index contributed by atoms with van der Waals surface area (Å²) in [6, 6.07) is 19.0. The van der Waals surface area contributed by atoms with Crippen LogP contribution < -0.4 is 5.32 Å². The molecule has 1 fully saturated rings. The highest BCUT2D eigenvalue weighted by atomic mass is 79.9. The largest absolute Gasteiger partial charge is 0.448 e. The number of aryl methyl sites for hydroxylation is 1. The zero-order chi connectivity index (χ0) is 33.1. The van der Waals surface area contributed by atoms with Crippen molar-refractivity contribution >= 4 is 52.7 Å². The van der Waals surface area contributed by atoms with Crippen molar-refractivity contribution in [3.05, 3.63) is 87.8 Å². The SMILES string of the molecule is Cc1cc(C(COC(=O)N2CCC(N3Cc4ccccc4NC3=O)CC2)c2cccc(Br)n2)cc2cn(COCC[Si](C)(C)C)nc12. The first-order chi connectivity index (χ1) is 22.5. The molecule has 1 unspecified atom stereocenters. The van der Waals surface area contributed by atoms with Gasteiger partial charge >= 0.3 is 12.1 Å². The summed E-state index contributed by atoms with van der Waals surface area (Å²) in [5.74, 6) is -0.273. The van der Waals surface area contributed by atoms with Crippen molar-refractivity contribution in [2.75, 3.05) is 31.6 Å².